The summed E-state index contributed by atoms with van der Waals surface area (Å²) in [7, 11) is -3.31. The summed E-state index contributed by atoms with van der Waals surface area (Å²) >= 11 is 0. The van der Waals surface area contributed by atoms with Crippen LogP contribution >= 0.6 is 0 Å². The Bertz CT molecular complexity index is 1370. The van der Waals surface area contributed by atoms with E-state index in [0.717, 1.165) is 61.5 Å². The van der Waals surface area contributed by atoms with Gasteiger partial charge in [0.25, 0.3) is 0 Å². The van der Waals surface area contributed by atoms with Crippen LogP contribution in [0.3, 0.4) is 0 Å². The summed E-state index contributed by atoms with van der Waals surface area (Å²) in [4.78, 5) is 21.7. The second kappa shape index (κ2) is 11.0. The Kier molecular flexibility index (Phi) is 7.53. The lowest BCUT2D eigenvalue weighted by Gasteiger charge is -2.38. The molecule has 2 saturated heterocycles. The van der Waals surface area contributed by atoms with Crippen LogP contribution in [-0.2, 0) is 21.3 Å². The number of amides is 1. The zero-order chi connectivity index (χ0) is 26.7. The Morgan fingerprint density at radius 1 is 0.974 bits per heavy atom. The highest BCUT2D eigenvalue weighted by molar-refractivity contribution is 7.92. The van der Waals surface area contributed by atoms with Crippen LogP contribution < -0.4 is 10.0 Å². The maximum atomic E-state index is 12.6. The van der Waals surface area contributed by atoms with E-state index in [1.54, 1.807) is 24.3 Å². The SMILES string of the molecule is Cc1nc(Nc2ccc(NS(C)(=O)=O)cc2)ccc1CN1CCC(N2C(=O)OC[C@H]2c2ccccc2)CC1. The molecule has 2 aliphatic rings. The molecular formula is C28H33N5O4S. The zero-order valence-electron chi connectivity index (χ0n) is 21.6. The van der Waals surface area contributed by atoms with Crippen LogP contribution in [0.4, 0.5) is 22.0 Å². The molecule has 10 heteroatoms. The van der Waals surface area contributed by atoms with Gasteiger partial charge in [-0.25, -0.2) is 18.2 Å². The maximum absolute atomic E-state index is 12.6. The number of nitrogens with one attached hydrogen (secondary N) is 2. The largest absolute Gasteiger partial charge is 0.447 e. The standard InChI is InChI=1S/C28H33N5O4S/c1-20-22(8-13-27(29-20)30-23-9-11-24(12-10-23)31-38(2,35)36)18-32-16-14-25(15-17-32)33-26(19-37-28(33)34)21-6-4-3-5-7-21/h3-13,25-26,31H,14-19H2,1-2H3,(H,29,30)/t26-/m0/s1. The molecule has 9 nitrogen and oxygen atoms in total. The maximum Gasteiger partial charge on any atom is 0.410 e. The van der Waals surface area contributed by atoms with Gasteiger partial charge in [0.2, 0.25) is 10.0 Å². The van der Waals surface area contributed by atoms with Crippen molar-refractivity contribution < 1.29 is 17.9 Å². The quantitative estimate of drug-likeness (QED) is 0.432. The monoisotopic (exact) mass is 535 g/mol. The van der Waals surface area contributed by atoms with Crippen LogP contribution in [0.1, 0.15) is 35.7 Å². The molecule has 2 fully saturated rings. The molecule has 2 N–H and O–H groups in total. The molecule has 1 aromatic heterocycles. The number of carbonyl (C=O) groups excluding carboxylic acids is 1. The molecule has 0 saturated carbocycles. The lowest BCUT2D eigenvalue weighted by molar-refractivity contribution is 0.104. The van der Waals surface area contributed by atoms with Crippen molar-refractivity contribution in [1.82, 2.24) is 14.8 Å². The molecule has 0 aliphatic carbocycles. The fourth-order valence-electron chi connectivity index (χ4n) is 5.17. The number of cyclic esters (lactones) is 1. The van der Waals surface area contributed by atoms with Gasteiger partial charge >= 0.3 is 6.09 Å². The number of aromatic nitrogens is 1. The predicted molar refractivity (Wildman–Crippen MR) is 148 cm³/mol. The van der Waals surface area contributed by atoms with Gasteiger partial charge in [-0.05, 0) is 61.2 Å². The second-order valence-electron chi connectivity index (χ2n) is 9.94. The predicted octanol–water partition coefficient (Wildman–Crippen LogP) is 4.66. The Balaban J connectivity index is 1.16. The van der Waals surface area contributed by atoms with Gasteiger partial charge in [0.1, 0.15) is 12.4 Å². The Hall–Kier alpha value is -3.63. The smallest absolute Gasteiger partial charge is 0.410 e. The van der Waals surface area contributed by atoms with E-state index in [1.165, 1.54) is 5.56 Å². The summed E-state index contributed by atoms with van der Waals surface area (Å²) < 4.78 is 30.7. The van der Waals surface area contributed by atoms with E-state index in [-0.39, 0.29) is 18.2 Å². The minimum absolute atomic E-state index is 0.0149. The number of aryl methyl sites for hydroxylation is 1. The van der Waals surface area contributed by atoms with E-state index < -0.39 is 10.0 Å². The molecule has 200 valence electrons. The minimum atomic E-state index is -3.31. The average Bonchev–Trinajstić information content (AvgIpc) is 3.28. The topological polar surface area (TPSA) is 104 Å². The van der Waals surface area contributed by atoms with E-state index >= 15 is 0 Å². The number of hydrogen-bond acceptors (Lipinski definition) is 7. The second-order valence-corrected chi connectivity index (χ2v) is 11.7. The van der Waals surface area contributed by atoms with Gasteiger partial charge in [-0.3, -0.25) is 14.5 Å². The van der Waals surface area contributed by atoms with Gasteiger partial charge in [-0.1, -0.05) is 36.4 Å². The fraction of sp³-hybridized carbons (Fsp3) is 0.357. The summed E-state index contributed by atoms with van der Waals surface area (Å²) in [5.41, 5.74) is 4.58. The van der Waals surface area contributed by atoms with Gasteiger partial charge < -0.3 is 10.1 Å². The van der Waals surface area contributed by atoms with Gasteiger partial charge in [-0.2, -0.15) is 0 Å². The highest BCUT2D eigenvalue weighted by Crippen LogP contribution is 2.33. The van der Waals surface area contributed by atoms with Crippen molar-refractivity contribution in [1.29, 1.82) is 0 Å². The summed E-state index contributed by atoms with van der Waals surface area (Å²) in [6.45, 7) is 5.05. The summed E-state index contributed by atoms with van der Waals surface area (Å²) in [6.07, 6.45) is 2.74. The molecule has 3 heterocycles. The van der Waals surface area contributed by atoms with Crippen molar-refractivity contribution in [3.63, 3.8) is 0 Å². The van der Waals surface area contributed by atoms with Crippen molar-refractivity contribution >= 4 is 33.3 Å². The van der Waals surface area contributed by atoms with E-state index in [1.807, 2.05) is 36.1 Å². The first-order valence-corrected chi connectivity index (χ1v) is 14.7. The van der Waals surface area contributed by atoms with Crippen molar-refractivity contribution in [3.05, 3.63) is 83.6 Å². The number of nitrogens with zero attached hydrogens (tertiary/aromatic N) is 3. The lowest BCUT2D eigenvalue weighted by Crippen LogP contribution is -2.46. The number of sulfonamides is 1. The number of likely N-dealkylation sites (tertiary alicyclic amines) is 1. The van der Waals surface area contributed by atoms with Crippen molar-refractivity contribution in [2.75, 3.05) is 36.0 Å². The van der Waals surface area contributed by atoms with Crippen LogP contribution in [0, 0.1) is 6.92 Å². The molecule has 3 aromatic rings. The third-order valence-corrected chi connectivity index (χ3v) is 7.70. The molecule has 2 aliphatic heterocycles. The summed E-state index contributed by atoms with van der Waals surface area (Å²) in [5, 5.41) is 3.27. The van der Waals surface area contributed by atoms with E-state index in [2.05, 4.69) is 33.1 Å². The van der Waals surface area contributed by atoms with Crippen molar-refractivity contribution in [3.8, 4) is 0 Å². The molecule has 0 spiro atoms. The summed E-state index contributed by atoms with van der Waals surface area (Å²) in [6, 6.07) is 21.4. The van der Waals surface area contributed by atoms with Crippen molar-refractivity contribution in [2.24, 2.45) is 0 Å². The Labute approximate surface area is 223 Å². The first-order chi connectivity index (χ1) is 18.2. The third-order valence-electron chi connectivity index (χ3n) is 7.10. The normalized spacial score (nSPS) is 18.8. The number of rotatable bonds is 8. The van der Waals surface area contributed by atoms with Gasteiger partial charge in [0.05, 0.1) is 12.3 Å². The van der Waals surface area contributed by atoms with Crippen molar-refractivity contribution in [2.45, 2.75) is 38.4 Å². The van der Waals surface area contributed by atoms with E-state index in [0.29, 0.717) is 12.3 Å². The average molecular weight is 536 g/mol. The Morgan fingerprint density at radius 3 is 2.32 bits per heavy atom. The molecule has 1 atom stereocenters. The van der Waals surface area contributed by atoms with Crippen LogP contribution in [0.2, 0.25) is 0 Å². The van der Waals surface area contributed by atoms with Gasteiger partial charge in [0.15, 0.2) is 0 Å². The van der Waals surface area contributed by atoms with Crippen LogP contribution in [0.25, 0.3) is 0 Å². The number of carbonyl (C=O) groups is 1. The molecule has 1 amide bonds. The highest BCUT2D eigenvalue weighted by Gasteiger charge is 2.40. The number of hydrogen-bond donors (Lipinski definition) is 2. The van der Waals surface area contributed by atoms with Gasteiger partial charge in [0, 0.05) is 42.7 Å². The number of pyridine rings is 1. The molecular weight excluding hydrogens is 502 g/mol. The number of piperidine rings is 1. The number of anilines is 3. The summed E-state index contributed by atoms with van der Waals surface area (Å²) in [5.74, 6) is 0.730. The highest BCUT2D eigenvalue weighted by atomic mass is 32.2. The Morgan fingerprint density at radius 2 is 1.66 bits per heavy atom. The first kappa shape index (κ1) is 26.0. The van der Waals surface area contributed by atoms with Crippen LogP contribution in [0.5, 0.6) is 0 Å². The molecule has 0 unspecified atom stereocenters. The molecule has 0 radical (unpaired) electrons. The van der Waals surface area contributed by atoms with Crippen LogP contribution in [-0.4, -0.2) is 61.3 Å². The zero-order valence-corrected chi connectivity index (χ0v) is 22.4. The molecule has 0 bridgehead atoms. The first-order valence-electron chi connectivity index (χ1n) is 12.8. The molecule has 2 aromatic carbocycles. The van der Waals surface area contributed by atoms with Crippen LogP contribution in [0.15, 0.2) is 66.7 Å². The van der Waals surface area contributed by atoms with Gasteiger partial charge in [-0.15, -0.1) is 0 Å². The number of benzene rings is 2. The fourth-order valence-corrected chi connectivity index (χ4v) is 5.74. The molecule has 38 heavy (non-hydrogen) atoms. The molecule has 5 rings (SSSR count). The third kappa shape index (κ3) is 6.25. The lowest BCUT2D eigenvalue weighted by atomic mass is 9.98. The number of ether oxygens (including phenoxy) is 1. The minimum Gasteiger partial charge on any atom is -0.447 e. The van der Waals surface area contributed by atoms with E-state index in [9.17, 15) is 13.2 Å². The van der Waals surface area contributed by atoms with E-state index in [4.69, 9.17) is 9.72 Å².